The van der Waals surface area contributed by atoms with Crippen molar-refractivity contribution in [1.29, 1.82) is 0 Å². The van der Waals surface area contributed by atoms with Crippen molar-refractivity contribution < 1.29 is 9.26 Å². The zero-order chi connectivity index (χ0) is 13.0. The Labute approximate surface area is 108 Å². The molecule has 0 radical (unpaired) electrons. The Morgan fingerprint density at radius 1 is 1.44 bits per heavy atom. The average Bonchev–Trinajstić information content (AvgIpc) is 2.88. The molecule has 1 aliphatic heterocycles. The van der Waals surface area contributed by atoms with Crippen LogP contribution >= 0.6 is 0 Å². The van der Waals surface area contributed by atoms with Gasteiger partial charge in [-0.05, 0) is 39.3 Å². The monoisotopic (exact) mass is 253 g/mol. The van der Waals surface area contributed by atoms with Crippen molar-refractivity contribution in [3.63, 3.8) is 0 Å². The van der Waals surface area contributed by atoms with E-state index in [0.717, 1.165) is 44.1 Å². The van der Waals surface area contributed by atoms with Gasteiger partial charge in [0.15, 0.2) is 5.82 Å². The predicted molar refractivity (Wildman–Crippen MR) is 68.5 cm³/mol. The minimum Gasteiger partial charge on any atom is -0.381 e. The van der Waals surface area contributed by atoms with Gasteiger partial charge in [-0.1, -0.05) is 12.1 Å². The molecule has 0 aromatic carbocycles. The predicted octanol–water partition coefficient (Wildman–Crippen LogP) is 1.68. The number of aromatic nitrogens is 2. The van der Waals surface area contributed by atoms with Crippen LogP contribution in [0.15, 0.2) is 4.52 Å². The normalized spacial score (nSPS) is 20.8. The van der Waals surface area contributed by atoms with Crippen molar-refractivity contribution in [2.45, 2.75) is 51.0 Å². The van der Waals surface area contributed by atoms with E-state index in [2.05, 4.69) is 22.4 Å². The van der Waals surface area contributed by atoms with Crippen LogP contribution in [-0.4, -0.2) is 36.4 Å². The second-order valence-electron chi connectivity index (χ2n) is 5.15. The molecule has 1 fully saturated rings. The molecule has 5 heteroatoms. The zero-order valence-electron chi connectivity index (χ0n) is 11.5. The van der Waals surface area contributed by atoms with Crippen molar-refractivity contribution in [2.24, 2.45) is 0 Å². The van der Waals surface area contributed by atoms with Gasteiger partial charge in [-0.3, -0.25) is 0 Å². The molecule has 1 atom stereocenters. The molecule has 0 spiro atoms. The first-order valence-corrected chi connectivity index (χ1v) is 6.77. The fourth-order valence-electron chi connectivity index (χ4n) is 2.52. The molecule has 2 rings (SSSR count). The summed E-state index contributed by atoms with van der Waals surface area (Å²) >= 11 is 0. The van der Waals surface area contributed by atoms with Crippen LogP contribution in [0, 0.1) is 0 Å². The van der Waals surface area contributed by atoms with Crippen molar-refractivity contribution in [1.82, 2.24) is 15.5 Å². The summed E-state index contributed by atoms with van der Waals surface area (Å²) in [5.41, 5.74) is 0.0762. The first-order chi connectivity index (χ1) is 8.70. The van der Waals surface area contributed by atoms with E-state index < -0.39 is 0 Å². The summed E-state index contributed by atoms with van der Waals surface area (Å²) in [7, 11) is 1.70. The summed E-state index contributed by atoms with van der Waals surface area (Å²) in [4.78, 5) is 4.58. The first kappa shape index (κ1) is 13.5. The van der Waals surface area contributed by atoms with E-state index in [1.807, 2.05) is 6.92 Å². The molecule has 5 nitrogen and oxygen atoms in total. The highest BCUT2D eigenvalue weighted by molar-refractivity contribution is 5.07. The molecule has 2 heterocycles. The van der Waals surface area contributed by atoms with Crippen LogP contribution in [0.2, 0.25) is 0 Å². The maximum absolute atomic E-state index is 5.50. The van der Waals surface area contributed by atoms with E-state index in [0.29, 0.717) is 6.42 Å². The zero-order valence-corrected chi connectivity index (χ0v) is 11.5. The standard InChI is InChI=1S/C13H23N3O2/c1-4-13(5-7-14-8-6-13)12-15-11(16-18-12)9-10(2)17-3/h10,14H,4-9H2,1-3H3. The van der Waals surface area contributed by atoms with E-state index in [4.69, 9.17) is 9.26 Å². The summed E-state index contributed by atoms with van der Waals surface area (Å²) in [6.45, 7) is 6.27. The first-order valence-electron chi connectivity index (χ1n) is 6.77. The van der Waals surface area contributed by atoms with Crippen LogP contribution in [0.1, 0.15) is 44.8 Å². The Balaban J connectivity index is 2.12. The van der Waals surface area contributed by atoms with Crippen molar-refractivity contribution in [2.75, 3.05) is 20.2 Å². The average molecular weight is 253 g/mol. The van der Waals surface area contributed by atoms with Gasteiger partial charge in [0.25, 0.3) is 0 Å². The van der Waals surface area contributed by atoms with Gasteiger partial charge in [0, 0.05) is 13.5 Å². The molecule has 18 heavy (non-hydrogen) atoms. The molecule has 0 bridgehead atoms. The molecule has 1 unspecified atom stereocenters. The summed E-state index contributed by atoms with van der Waals surface area (Å²) in [5.74, 6) is 1.57. The van der Waals surface area contributed by atoms with Gasteiger partial charge in [-0.15, -0.1) is 0 Å². The van der Waals surface area contributed by atoms with E-state index in [9.17, 15) is 0 Å². The van der Waals surface area contributed by atoms with Crippen molar-refractivity contribution in [3.8, 4) is 0 Å². The lowest BCUT2D eigenvalue weighted by Crippen LogP contribution is -2.39. The number of nitrogens with one attached hydrogen (secondary N) is 1. The van der Waals surface area contributed by atoms with Crippen LogP contribution < -0.4 is 5.32 Å². The van der Waals surface area contributed by atoms with Gasteiger partial charge in [0.05, 0.1) is 11.5 Å². The summed E-state index contributed by atoms with van der Waals surface area (Å²) in [6.07, 6.45) is 4.03. The third kappa shape index (κ3) is 2.72. The minimum atomic E-state index is 0.0762. The van der Waals surface area contributed by atoms with Gasteiger partial charge >= 0.3 is 0 Å². The summed E-state index contributed by atoms with van der Waals surface area (Å²) in [5, 5.41) is 7.47. The van der Waals surface area contributed by atoms with Crippen LogP contribution in [0.25, 0.3) is 0 Å². The summed E-state index contributed by atoms with van der Waals surface area (Å²) < 4.78 is 10.7. The Morgan fingerprint density at radius 2 is 2.17 bits per heavy atom. The topological polar surface area (TPSA) is 60.2 Å². The van der Waals surface area contributed by atoms with Gasteiger partial charge in [0.1, 0.15) is 0 Å². The van der Waals surface area contributed by atoms with E-state index >= 15 is 0 Å². The van der Waals surface area contributed by atoms with Gasteiger partial charge < -0.3 is 14.6 Å². The molecule has 1 N–H and O–H groups in total. The second kappa shape index (κ2) is 5.80. The van der Waals surface area contributed by atoms with Gasteiger partial charge in [-0.25, -0.2) is 0 Å². The highest BCUT2D eigenvalue weighted by Crippen LogP contribution is 2.35. The van der Waals surface area contributed by atoms with Gasteiger partial charge in [0.2, 0.25) is 5.89 Å². The van der Waals surface area contributed by atoms with Crippen LogP contribution in [-0.2, 0) is 16.6 Å². The third-order valence-electron chi connectivity index (χ3n) is 4.03. The lowest BCUT2D eigenvalue weighted by molar-refractivity contribution is 0.116. The number of piperidine rings is 1. The SMILES string of the molecule is CCC1(c2nc(CC(C)OC)no2)CCNCC1. The Hall–Kier alpha value is -0.940. The molecule has 1 aromatic heterocycles. The quantitative estimate of drug-likeness (QED) is 0.865. The van der Waals surface area contributed by atoms with Crippen molar-refractivity contribution >= 4 is 0 Å². The Morgan fingerprint density at radius 3 is 2.78 bits per heavy atom. The molecule has 1 aliphatic rings. The highest BCUT2D eigenvalue weighted by Gasteiger charge is 2.37. The lowest BCUT2D eigenvalue weighted by atomic mass is 9.76. The fourth-order valence-corrected chi connectivity index (χ4v) is 2.52. The second-order valence-corrected chi connectivity index (χ2v) is 5.15. The summed E-state index contributed by atoms with van der Waals surface area (Å²) in [6, 6.07) is 0. The molecule has 1 saturated heterocycles. The van der Waals surface area contributed by atoms with Crippen LogP contribution in [0.5, 0.6) is 0 Å². The molecule has 0 saturated carbocycles. The Bertz CT molecular complexity index is 372. The van der Waals surface area contributed by atoms with E-state index in [1.54, 1.807) is 7.11 Å². The number of hydrogen-bond donors (Lipinski definition) is 1. The lowest BCUT2D eigenvalue weighted by Gasteiger charge is -2.33. The molecule has 102 valence electrons. The van der Waals surface area contributed by atoms with Crippen LogP contribution in [0.4, 0.5) is 0 Å². The molecular formula is C13H23N3O2. The number of ether oxygens (including phenoxy) is 1. The number of hydrogen-bond acceptors (Lipinski definition) is 5. The number of methoxy groups -OCH3 is 1. The smallest absolute Gasteiger partial charge is 0.232 e. The third-order valence-corrected chi connectivity index (χ3v) is 4.03. The number of rotatable bonds is 5. The number of nitrogens with zero attached hydrogens (tertiary/aromatic N) is 2. The Kier molecular flexibility index (Phi) is 4.35. The maximum atomic E-state index is 5.50. The van der Waals surface area contributed by atoms with Crippen LogP contribution in [0.3, 0.4) is 0 Å². The molecule has 0 amide bonds. The fraction of sp³-hybridized carbons (Fsp3) is 0.846. The minimum absolute atomic E-state index is 0.0762. The maximum Gasteiger partial charge on any atom is 0.232 e. The van der Waals surface area contributed by atoms with E-state index in [1.165, 1.54) is 0 Å². The van der Waals surface area contributed by atoms with Gasteiger partial charge in [-0.2, -0.15) is 4.98 Å². The van der Waals surface area contributed by atoms with Crippen molar-refractivity contribution in [3.05, 3.63) is 11.7 Å². The molecule has 1 aromatic rings. The largest absolute Gasteiger partial charge is 0.381 e. The van der Waals surface area contributed by atoms with E-state index in [-0.39, 0.29) is 11.5 Å². The highest BCUT2D eigenvalue weighted by atomic mass is 16.5. The molecule has 0 aliphatic carbocycles. The molecular weight excluding hydrogens is 230 g/mol.